The lowest BCUT2D eigenvalue weighted by Crippen LogP contribution is -2.05. The summed E-state index contributed by atoms with van der Waals surface area (Å²) in [6, 6.07) is 3.70. The largest absolute Gasteiger partial charge is 0.481 e. The molecule has 0 aliphatic rings. The molecule has 0 bridgehead atoms. The molecule has 2 aromatic rings. The van der Waals surface area contributed by atoms with Crippen molar-refractivity contribution in [1.29, 1.82) is 0 Å². The van der Waals surface area contributed by atoms with Crippen LogP contribution in [0, 0.1) is 0 Å². The van der Waals surface area contributed by atoms with Gasteiger partial charge in [0.15, 0.2) is 6.33 Å². The molecule has 0 aliphatic carbocycles. The third-order valence-corrected chi connectivity index (χ3v) is 2.02. The molecule has 0 spiro atoms. The van der Waals surface area contributed by atoms with Crippen molar-refractivity contribution in [2.45, 2.75) is 6.42 Å². The number of anilines is 1. The predicted octanol–water partition coefficient (Wildman–Crippen LogP) is 1.13. The van der Waals surface area contributed by atoms with E-state index in [0.29, 0.717) is 18.2 Å². The fraction of sp³-hybridized carbons (Fsp3) is 0.300. The zero-order valence-electron chi connectivity index (χ0n) is 8.88. The molecule has 0 saturated carbocycles. The SMILES string of the molecule is COc1cc(NCCc2ncno2)ccn1. The van der Waals surface area contributed by atoms with Crippen LogP contribution in [0.1, 0.15) is 5.89 Å². The maximum absolute atomic E-state index is 5.02. The first kappa shape index (κ1) is 10.4. The lowest BCUT2D eigenvalue weighted by molar-refractivity contribution is 0.379. The van der Waals surface area contributed by atoms with E-state index in [1.165, 1.54) is 6.33 Å². The van der Waals surface area contributed by atoms with Crippen LogP contribution < -0.4 is 10.1 Å². The standard InChI is InChI=1S/C10H12N4O2/c1-15-10-6-8(2-4-12-10)11-5-3-9-13-7-14-16-9/h2,4,6-7H,3,5H2,1H3,(H,11,12). The molecule has 84 valence electrons. The molecule has 0 atom stereocenters. The van der Waals surface area contributed by atoms with E-state index in [-0.39, 0.29) is 0 Å². The molecular formula is C10H12N4O2. The topological polar surface area (TPSA) is 73.1 Å². The average Bonchev–Trinajstić information content (AvgIpc) is 2.82. The van der Waals surface area contributed by atoms with Crippen LogP contribution in [0.4, 0.5) is 5.69 Å². The van der Waals surface area contributed by atoms with Crippen LogP contribution in [0.15, 0.2) is 29.2 Å². The van der Waals surface area contributed by atoms with E-state index in [1.54, 1.807) is 13.3 Å². The molecule has 16 heavy (non-hydrogen) atoms. The Kier molecular flexibility index (Phi) is 3.32. The first-order valence-electron chi connectivity index (χ1n) is 4.88. The van der Waals surface area contributed by atoms with Crippen LogP contribution in [0.25, 0.3) is 0 Å². The van der Waals surface area contributed by atoms with Crippen molar-refractivity contribution in [2.75, 3.05) is 19.0 Å². The Balaban J connectivity index is 1.85. The Morgan fingerprint density at radius 3 is 3.12 bits per heavy atom. The van der Waals surface area contributed by atoms with E-state index in [4.69, 9.17) is 9.26 Å². The molecule has 6 nitrogen and oxygen atoms in total. The van der Waals surface area contributed by atoms with E-state index in [9.17, 15) is 0 Å². The Morgan fingerprint density at radius 1 is 1.44 bits per heavy atom. The second-order valence-electron chi connectivity index (χ2n) is 3.10. The highest BCUT2D eigenvalue weighted by molar-refractivity contribution is 5.44. The van der Waals surface area contributed by atoms with Gasteiger partial charge in [0.05, 0.1) is 7.11 Å². The predicted molar refractivity (Wildman–Crippen MR) is 57.3 cm³/mol. The number of nitrogens with one attached hydrogen (secondary N) is 1. The molecular weight excluding hydrogens is 208 g/mol. The zero-order chi connectivity index (χ0) is 11.2. The smallest absolute Gasteiger partial charge is 0.228 e. The number of aromatic nitrogens is 3. The molecule has 6 heteroatoms. The van der Waals surface area contributed by atoms with Crippen LogP contribution in [-0.4, -0.2) is 28.8 Å². The fourth-order valence-electron chi connectivity index (χ4n) is 1.25. The van der Waals surface area contributed by atoms with E-state index < -0.39 is 0 Å². The van der Waals surface area contributed by atoms with Crippen molar-refractivity contribution < 1.29 is 9.26 Å². The van der Waals surface area contributed by atoms with Crippen molar-refractivity contribution in [1.82, 2.24) is 15.1 Å². The summed E-state index contributed by atoms with van der Waals surface area (Å²) in [5.74, 6) is 1.20. The van der Waals surface area contributed by atoms with Gasteiger partial charge < -0.3 is 14.6 Å². The zero-order valence-corrected chi connectivity index (χ0v) is 8.88. The Bertz CT molecular complexity index is 430. The van der Waals surface area contributed by atoms with Crippen molar-refractivity contribution >= 4 is 5.69 Å². The Labute approximate surface area is 92.7 Å². The first-order valence-corrected chi connectivity index (χ1v) is 4.88. The number of nitrogens with zero attached hydrogens (tertiary/aromatic N) is 3. The van der Waals surface area contributed by atoms with Crippen LogP contribution in [-0.2, 0) is 6.42 Å². The number of ether oxygens (including phenoxy) is 1. The van der Waals surface area contributed by atoms with Crippen LogP contribution in [0.3, 0.4) is 0 Å². The van der Waals surface area contributed by atoms with Crippen molar-refractivity contribution in [3.8, 4) is 5.88 Å². The number of hydrogen-bond acceptors (Lipinski definition) is 6. The molecule has 0 amide bonds. The lowest BCUT2D eigenvalue weighted by atomic mass is 10.3. The van der Waals surface area contributed by atoms with Gasteiger partial charge in [-0.3, -0.25) is 0 Å². The van der Waals surface area contributed by atoms with E-state index in [2.05, 4.69) is 20.4 Å². The maximum Gasteiger partial charge on any atom is 0.228 e. The summed E-state index contributed by atoms with van der Waals surface area (Å²) in [5.41, 5.74) is 0.950. The molecule has 2 heterocycles. The van der Waals surface area contributed by atoms with Gasteiger partial charge in [0.1, 0.15) is 0 Å². The normalized spacial score (nSPS) is 10.1. The molecule has 1 N–H and O–H groups in total. The lowest BCUT2D eigenvalue weighted by Gasteiger charge is -2.05. The summed E-state index contributed by atoms with van der Waals surface area (Å²) in [6.07, 6.45) is 3.77. The number of rotatable bonds is 5. The highest BCUT2D eigenvalue weighted by Gasteiger charge is 1.99. The molecule has 0 fully saturated rings. The van der Waals surface area contributed by atoms with E-state index in [0.717, 1.165) is 12.2 Å². The van der Waals surface area contributed by atoms with Crippen molar-refractivity contribution in [3.05, 3.63) is 30.5 Å². The van der Waals surface area contributed by atoms with Gasteiger partial charge in [-0.2, -0.15) is 4.98 Å². The molecule has 0 aliphatic heterocycles. The van der Waals surface area contributed by atoms with Gasteiger partial charge in [0, 0.05) is 30.9 Å². The summed E-state index contributed by atoms with van der Waals surface area (Å²) in [6.45, 7) is 0.718. The Morgan fingerprint density at radius 2 is 2.38 bits per heavy atom. The van der Waals surface area contributed by atoms with Crippen molar-refractivity contribution in [2.24, 2.45) is 0 Å². The van der Waals surface area contributed by atoms with Gasteiger partial charge in [-0.1, -0.05) is 5.16 Å². The second-order valence-corrected chi connectivity index (χ2v) is 3.10. The highest BCUT2D eigenvalue weighted by atomic mass is 16.5. The van der Waals surface area contributed by atoms with Gasteiger partial charge in [-0.15, -0.1) is 0 Å². The Hall–Kier alpha value is -2.11. The monoisotopic (exact) mass is 220 g/mol. The van der Waals surface area contributed by atoms with Crippen molar-refractivity contribution in [3.63, 3.8) is 0 Å². The quantitative estimate of drug-likeness (QED) is 0.814. The van der Waals surface area contributed by atoms with Gasteiger partial charge in [0.2, 0.25) is 11.8 Å². The minimum Gasteiger partial charge on any atom is -0.481 e. The fourth-order valence-corrected chi connectivity index (χ4v) is 1.25. The van der Waals surface area contributed by atoms with Gasteiger partial charge >= 0.3 is 0 Å². The third-order valence-electron chi connectivity index (χ3n) is 2.02. The molecule has 0 unspecified atom stereocenters. The molecule has 0 radical (unpaired) electrons. The number of hydrogen-bond donors (Lipinski definition) is 1. The summed E-state index contributed by atoms with van der Waals surface area (Å²) in [4.78, 5) is 7.94. The van der Waals surface area contributed by atoms with Crippen LogP contribution >= 0.6 is 0 Å². The van der Waals surface area contributed by atoms with Crippen LogP contribution in [0.2, 0.25) is 0 Å². The molecule has 0 saturated heterocycles. The number of pyridine rings is 1. The van der Waals surface area contributed by atoms with Gasteiger partial charge in [0.25, 0.3) is 0 Å². The summed E-state index contributed by atoms with van der Waals surface area (Å²) >= 11 is 0. The summed E-state index contributed by atoms with van der Waals surface area (Å²) in [5, 5.41) is 6.74. The minimum atomic E-state index is 0.586. The summed E-state index contributed by atoms with van der Waals surface area (Å²) in [7, 11) is 1.59. The van der Waals surface area contributed by atoms with Gasteiger partial charge in [-0.05, 0) is 6.07 Å². The van der Waals surface area contributed by atoms with E-state index in [1.807, 2.05) is 12.1 Å². The van der Waals surface area contributed by atoms with Gasteiger partial charge in [-0.25, -0.2) is 4.98 Å². The van der Waals surface area contributed by atoms with E-state index >= 15 is 0 Å². The number of methoxy groups -OCH3 is 1. The first-order chi connectivity index (χ1) is 7.88. The third kappa shape index (κ3) is 2.69. The second kappa shape index (κ2) is 5.11. The highest BCUT2D eigenvalue weighted by Crippen LogP contribution is 2.12. The average molecular weight is 220 g/mol. The summed E-state index contributed by atoms with van der Waals surface area (Å²) < 4.78 is 9.89. The van der Waals surface area contributed by atoms with Crippen LogP contribution in [0.5, 0.6) is 5.88 Å². The molecule has 2 aromatic heterocycles. The molecule has 2 rings (SSSR count). The minimum absolute atomic E-state index is 0.586. The molecule has 0 aromatic carbocycles. The maximum atomic E-state index is 5.02.